The van der Waals surface area contributed by atoms with Crippen LogP contribution in [0.4, 0.5) is 10.8 Å². The molecule has 1 saturated carbocycles. The highest BCUT2D eigenvalue weighted by atomic mass is 32.1. The number of carbonyl (C=O) groups is 1. The van der Waals surface area contributed by atoms with Gasteiger partial charge in [-0.25, -0.2) is 0 Å². The normalized spacial score (nSPS) is 17.9. The van der Waals surface area contributed by atoms with E-state index in [1.165, 1.54) is 36.4 Å². The lowest BCUT2D eigenvalue weighted by Gasteiger charge is -2.08. The number of allylic oxidation sites excluding steroid dienone is 1. The van der Waals surface area contributed by atoms with Gasteiger partial charge in [-0.3, -0.25) is 4.79 Å². The van der Waals surface area contributed by atoms with Gasteiger partial charge in [0.15, 0.2) is 5.82 Å². The first-order valence-corrected chi connectivity index (χ1v) is 7.99. The number of aromatic nitrogens is 1. The molecule has 1 aromatic rings. The zero-order valence-corrected chi connectivity index (χ0v) is 12.3. The second-order valence-corrected chi connectivity index (χ2v) is 6.22. The summed E-state index contributed by atoms with van der Waals surface area (Å²) in [6.45, 7) is 0.831. The molecule has 0 unspecified atom stereocenters. The number of nitrogens with zero attached hydrogens (tertiary/aromatic N) is 1. The molecule has 0 radical (unpaired) electrons. The first-order chi connectivity index (χ1) is 9.74. The predicted molar refractivity (Wildman–Crippen MR) is 82.1 cm³/mol. The summed E-state index contributed by atoms with van der Waals surface area (Å²) < 4.78 is 4.10. The van der Waals surface area contributed by atoms with E-state index in [2.05, 4.69) is 21.1 Å². The highest BCUT2D eigenvalue weighted by Crippen LogP contribution is 2.29. The summed E-state index contributed by atoms with van der Waals surface area (Å²) in [5, 5.41) is 7.07. The van der Waals surface area contributed by atoms with Gasteiger partial charge in [0, 0.05) is 12.6 Å². The molecule has 1 amide bonds. The van der Waals surface area contributed by atoms with Crippen LogP contribution in [0.25, 0.3) is 0 Å². The number of nitrogens with one attached hydrogen (secondary N) is 2. The Kier molecular flexibility index (Phi) is 3.91. The van der Waals surface area contributed by atoms with Crippen LogP contribution in [0, 0.1) is 0 Å². The van der Waals surface area contributed by atoms with Crippen molar-refractivity contribution in [3.05, 3.63) is 17.2 Å². The fourth-order valence-electron chi connectivity index (χ4n) is 2.43. The summed E-state index contributed by atoms with van der Waals surface area (Å²) in [6, 6.07) is 0.332. The summed E-state index contributed by atoms with van der Waals surface area (Å²) in [4.78, 5) is 12.1. The van der Waals surface area contributed by atoms with E-state index in [0.717, 1.165) is 30.8 Å². The summed E-state index contributed by atoms with van der Waals surface area (Å²) in [5.41, 5.74) is 7.85. The monoisotopic (exact) mass is 292 g/mol. The highest BCUT2D eigenvalue weighted by Gasteiger charge is 2.27. The molecule has 0 spiro atoms. The minimum absolute atomic E-state index is 0.0960. The van der Waals surface area contributed by atoms with Crippen LogP contribution >= 0.6 is 11.5 Å². The molecule has 0 atom stereocenters. The molecule has 108 valence electrons. The fraction of sp³-hybridized carbons (Fsp3) is 0.571. The largest absolute Gasteiger partial charge is 0.382 e. The fourth-order valence-corrected chi connectivity index (χ4v) is 3.16. The van der Waals surface area contributed by atoms with Gasteiger partial charge in [0.2, 0.25) is 0 Å². The molecule has 1 aromatic heterocycles. The molecule has 4 N–H and O–H groups in total. The average Bonchev–Trinajstić information content (AvgIpc) is 2.95. The third-order valence-corrected chi connectivity index (χ3v) is 4.54. The topological polar surface area (TPSA) is 80.0 Å². The Bertz CT molecular complexity index is 533. The molecule has 0 aliphatic heterocycles. The van der Waals surface area contributed by atoms with E-state index in [1.807, 2.05) is 0 Å². The van der Waals surface area contributed by atoms with Crippen molar-refractivity contribution in [3.63, 3.8) is 0 Å². The Morgan fingerprint density at radius 1 is 1.50 bits per heavy atom. The van der Waals surface area contributed by atoms with Crippen molar-refractivity contribution in [3.8, 4) is 0 Å². The van der Waals surface area contributed by atoms with Gasteiger partial charge in [-0.05, 0) is 50.1 Å². The van der Waals surface area contributed by atoms with Crippen molar-refractivity contribution in [2.24, 2.45) is 0 Å². The van der Waals surface area contributed by atoms with Crippen molar-refractivity contribution in [2.45, 2.75) is 44.6 Å². The zero-order chi connectivity index (χ0) is 13.9. The average molecular weight is 292 g/mol. The molecule has 0 aromatic carbocycles. The molecule has 3 rings (SSSR count). The molecule has 5 nitrogen and oxygen atoms in total. The SMILES string of the molecule is Nc1nsc(NCCC2=CCCC2)c1C(=O)NC1CC1. The van der Waals surface area contributed by atoms with E-state index in [1.54, 1.807) is 0 Å². The van der Waals surface area contributed by atoms with Gasteiger partial charge in [-0.2, -0.15) is 4.37 Å². The zero-order valence-electron chi connectivity index (χ0n) is 11.4. The first kappa shape index (κ1) is 13.4. The van der Waals surface area contributed by atoms with Gasteiger partial charge in [0.05, 0.1) is 0 Å². The van der Waals surface area contributed by atoms with E-state index in [4.69, 9.17) is 5.73 Å². The lowest BCUT2D eigenvalue weighted by molar-refractivity contribution is 0.0953. The lowest BCUT2D eigenvalue weighted by atomic mass is 10.1. The van der Waals surface area contributed by atoms with Crippen LogP contribution in [0.1, 0.15) is 48.9 Å². The van der Waals surface area contributed by atoms with Crippen molar-refractivity contribution in [2.75, 3.05) is 17.6 Å². The molecule has 2 aliphatic carbocycles. The first-order valence-electron chi connectivity index (χ1n) is 7.22. The molecule has 1 heterocycles. The number of amides is 1. The number of hydrogen-bond acceptors (Lipinski definition) is 5. The maximum atomic E-state index is 12.1. The number of hydrogen-bond donors (Lipinski definition) is 3. The van der Waals surface area contributed by atoms with Gasteiger partial charge < -0.3 is 16.4 Å². The van der Waals surface area contributed by atoms with Gasteiger partial charge in [0.25, 0.3) is 5.91 Å². The van der Waals surface area contributed by atoms with Gasteiger partial charge >= 0.3 is 0 Å². The molecule has 20 heavy (non-hydrogen) atoms. The molecule has 1 fully saturated rings. The molecular formula is C14H20N4OS. The second-order valence-electron chi connectivity index (χ2n) is 5.45. The van der Waals surface area contributed by atoms with Crippen LogP contribution in [0.2, 0.25) is 0 Å². The Morgan fingerprint density at radius 3 is 3.05 bits per heavy atom. The molecule has 6 heteroatoms. The van der Waals surface area contributed by atoms with Crippen LogP contribution in [0.3, 0.4) is 0 Å². The van der Waals surface area contributed by atoms with Gasteiger partial charge in [-0.1, -0.05) is 11.6 Å². The van der Waals surface area contributed by atoms with Crippen molar-refractivity contribution >= 4 is 28.3 Å². The summed E-state index contributed by atoms with van der Waals surface area (Å²) in [5.74, 6) is 0.233. The Hall–Kier alpha value is -1.56. The standard InChI is InChI=1S/C14H20N4OS/c15-12-11(13(19)17-10-5-6-10)14(20-18-12)16-8-7-9-3-1-2-4-9/h3,10,16H,1-2,4-8H2,(H2,15,18)(H,17,19). The van der Waals surface area contributed by atoms with E-state index in [-0.39, 0.29) is 5.91 Å². The Morgan fingerprint density at radius 2 is 2.35 bits per heavy atom. The second kappa shape index (κ2) is 5.83. The smallest absolute Gasteiger partial charge is 0.258 e. The number of carbonyl (C=O) groups excluding carboxylic acids is 1. The van der Waals surface area contributed by atoms with Crippen molar-refractivity contribution in [1.29, 1.82) is 0 Å². The number of nitrogen functional groups attached to an aromatic ring is 1. The van der Waals surface area contributed by atoms with Crippen LogP contribution in [0.5, 0.6) is 0 Å². The molecule has 0 bridgehead atoms. The van der Waals surface area contributed by atoms with Crippen LogP contribution < -0.4 is 16.4 Å². The Labute approximate surface area is 122 Å². The predicted octanol–water partition coefficient (Wildman–Crippen LogP) is 2.53. The third kappa shape index (κ3) is 3.12. The summed E-state index contributed by atoms with van der Waals surface area (Å²) in [7, 11) is 0. The lowest BCUT2D eigenvalue weighted by Crippen LogP contribution is -2.26. The summed E-state index contributed by atoms with van der Waals surface area (Å²) in [6.07, 6.45) is 9.18. The quantitative estimate of drug-likeness (QED) is 0.704. The molecular weight excluding hydrogens is 272 g/mol. The Balaban J connectivity index is 1.59. The molecule has 2 aliphatic rings. The van der Waals surface area contributed by atoms with Gasteiger partial charge in [0.1, 0.15) is 10.6 Å². The van der Waals surface area contributed by atoms with Crippen LogP contribution in [-0.4, -0.2) is 22.9 Å². The number of nitrogens with two attached hydrogens (primary N) is 1. The number of anilines is 2. The van der Waals surface area contributed by atoms with E-state index < -0.39 is 0 Å². The van der Waals surface area contributed by atoms with Crippen LogP contribution in [-0.2, 0) is 0 Å². The minimum Gasteiger partial charge on any atom is -0.382 e. The summed E-state index contributed by atoms with van der Waals surface area (Å²) >= 11 is 1.27. The van der Waals surface area contributed by atoms with E-state index >= 15 is 0 Å². The van der Waals surface area contributed by atoms with E-state index in [0.29, 0.717) is 17.4 Å². The number of rotatable bonds is 6. The van der Waals surface area contributed by atoms with Gasteiger partial charge in [-0.15, -0.1) is 0 Å². The van der Waals surface area contributed by atoms with E-state index in [9.17, 15) is 4.79 Å². The third-order valence-electron chi connectivity index (χ3n) is 3.72. The maximum absolute atomic E-state index is 12.1. The maximum Gasteiger partial charge on any atom is 0.258 e. The molecule has 0 saturated heterocycles. The minimum atomic E-state index is -0.0960. The van der Waals surface area contributed by atoms with Crippen molar-refractivity contribution < 1.29 is 4.79 Å². The highest BCUT2D eigenvalue weighted by molar-refractivity contribution is 7.11. The van der Waals surface area contributed by atoms with Crippen LogP contribution in [0.15, 0.2) is 11.6 Å². The van der Waals surface area contributed by atoms with Crippen molar-refractivity contribution in [1.82, 2.24) is 9.69 Å².